The summed E-state index contributed by atoms with van der Waals surface area (Å²) in [4.78, 5) is 0. The van der Waals surface area contributed by atoms with Gasteiger partial charge >= 0.3 is 0 Å². The third kappa shape index (κ3) is 1.16. The molecule has 3 heteroatoms. The number of ether oxygens (including phenoxy) is 1. The van der Waals surface area contributed by atoms with Gasteiger partial charge < -0.3 is 10.5 Å². The lowest BCUT2D eigenvalue weighted by atomic mass is 10.3. The zero-order valence-corrected chi connectivity index (χ0v) is 6.27. The minimum absolute atomic E-state index is 0.421. The largest absolute Gasteiger partial charge is 0.494 e. The van der Waals surface area contributed by atoms with E-state index in [2.05, 4.69) is 6.07 Å². The van der Waals surface area contributed by atoms with Crippen LogP contribution in [0.3, 0.4) is 0 Å². The topological polar surface area (TPSA) is 35.2 Å². The number of hydrogen-bond acceptors (Lipinski definition) is 2. The summed E-state index contributed by atoms with van der Waals surface area (Å²) in [6.45, 7) is 0. The number of anilines is 1. The molecule has 0 saturated heterocycles. The number of benzene rings is 1. The Morgan fingerprint density at radius 3 is 2.90 bits per heavy atom. The third-order valence-electron chi connectivity index (χ3n) is 1.13. The fourth-order valence-electron chi connectivity index (χ4n) is 0.623. The van der Waals surface area contributed by atoms with E-state index in [1.807, 2.05) is 0 Å². The summed E-state index contributed by atoms with van der Waals surface area (Å²) in [5.74, 6) is 0.488. The highest BCUT2D eigenvalue weighted by Gasteiger charge is 2.01. The van der Waals surface area contributed by atoms with E-state index < -0.39 is 0 Å². The molecule has 0 aliphatic heterocycles. The first-order chi connectivity index (χ1) is 4.75. The van der Waals surface area contributed by atoms with Crippen LogP contribution in [0.4, 0.5) is 5.69 Å². The van der Waals surface area contributed by atoms with Gasteiger partial charge in [0.1, 0.15) is 10.8 Å². The molecule has 0 spiro atoms. The average Bonchev–Trinajstić information content (AvgIpc) is 1.95. The summed E-state index contributed by atoms with van der Waals surface area (Å²) in [5.41, 5.74) is 5.98. The van der Waals surface area contributed by atoms with Gasteiger partial charge in [0.2, 0.25) is 0 Å². The van der Waals surface area contributed by atoms with E-state index in [1.165, 1.54) is 7.11 Å². The van der Waals surface area contributed by atoms with Gasteiger partial charge in [-0.3, -0.25) is 0 Å². The first-order valence-corrected chi connectivity index (χ1v) is 3.13. The van der Waals surface area contributed by atoms with Crippen molar-refractivity contribution in [1.29, 1.82) is 0 Å². The molecule has 0 heterocycles. The van der Waals surface area contributed by atoms with Crippen molar-refractivity contribution in [3.63, 3.8) is 0 Å². The summed E-state index contributed by atoms with van der Waals surface area (Å²) < 4.78 is 4.86. The van der Waals surface area contributed by atoms with E-state index in [9.17, 15) is 0 Å². The molecule has 0 aliphatic carbocycles. The quantitative estimate of drug-likeness (QED) is 0.629. The lowest BCUT2D eigenvalue weighted by Gasteiger charge is -2.02. The van der Waals surface area contributed by atoms with Crippen molar-refractivity contribution in [2.24, 2.45) is 0 Å². The molecule has 0 unspecified atom stereocenters. The number of halogens is 1. The zero-order chi connectivity index (χ0) is 7.56. The molecule has 0 bridgehead atoms. The fourth-order valence-corrected chi connectivity index (χ4v) is 0.818. The number of hydrogen-bond donors (Lipinski definition) is 1. The van der Waals surface area contributed by atoms with Crippen LogP contribution >= 0.6 is 11.6 Å². The number of nitrogens with two attached hydrogens (primary N) is 1. The molecular formula is C7H7ClNO. The molecule has 0 fully saturated rings. The van der Waals surface area contributed by atoms with Crippen LogP contribution in [0.15, 0.2) is 12.1 Å². The van der Waals surface area contributed by atoms with E-state index in [0.717, 1.165) is 0 Å². The van der Waals surface area contributed by atoms with Crippen molar-refractivity contribution < 1.29 is 4.74 Å². The highest BCUT2D eigenvalue weighted by Crippen LogP contribution is 2.28. The number of rotatable bonds is 1. The summed E-state index contributed by atoms with van der Waals surface area (Å²) >= 11 is 5.71. The predicted molar refractivity (Wildman–Crippen MR) is 41.3 cm³/mol. The minimum atomic E-state index is 0.421. The van der Waals surface area contributed by atoms with Gasteiger partial charge in [-0.1, -0.05) is 11.6 Å². The number of methoxy groups -OCH3 is 1. The zero-order valence-electron chi connectivity index (χ0n) is 5.52. The molecule has 1 aromatic carbocycles. The Balaban J connectivity index is 3.14. The maximum Gasteiger partial charge on any atom is 0.147 e. The fraction of sp³-hybridized carbons (Fsp3) is 0.143. The van der Waals surface area contributed by atoms with Crippen LogP contribution in [0.25, 0.3) is 0 Å². The Morgan fingerprint density at radius 2 is 2.40 bits per heavy atom. The minimum Gasteiger partial charge on any atom is -0.494 e. The van der Waals surface area contributed by atoms with Crippen LogP contribution < -0.4 is 10.5 Å². The monoisotopic (exact) mass is 156 g/mol. The molecule has 0 amide bonds. The Bertz CT molecular complexity index is 237. The second-order valence-electron chi connectivity index (χ2n) is 1.78. The maximum absolute atomic E-state index is 5.71. The van der Waals surface area contributed by atoms with E-state index in [1.54, 1.807) is 12.1 Å². The van der Waals surface area contributed by atoms with Crippen molar-refractivity contribution in [1.82, 2.24) is 0 Å². The van der Waals surface area contributed by atoms with Crippen molar-refractivity contribution in [2.75, 3.05) is 12.8 Å². The molecule has 0 aliphatic rings. The standard InChI is InChI=1S/C7H7ClNO/c1-10-6-4-2-3-5(9)7(6)8/h2-3H,9H2,1H3. The summed E-state index contributed by atoms with van der Waals surface area (Å²) in [6, 6.07) is 6.13. The first-order valence-electron chi connectivity index (χ1n) is 2.75. The van der Waals surface area contributed by atoms with Crippen LogP contribution in [-0.2, 0) is 0 Å². The van der Waals surface area contributed by atoms with Gasteiger partial charge in [-0.2, -0.15) is 0 Å². The summed E-state index contributed by atoms with van der Waals surface area (Å²) in [6.07, 6.45) is 0. The van der Waals surface area contributed by atoms with Crippen LogP contribution in [0, 0.1) is 6.07 Å². The van der Waals surface area contributed by atoms with Crippen molar-refractivity contribution in [2.45, 2.75) is 0 Å². The van der Waals surface area contributed by atoms with E-state index in [4.69, 9.17) is 22.1 Å². The first kappa shape index (κ1) is 7.22. The van der Waals surface area contributed by atoms with Gasteiger partial charge in [0.25, 0.3) is 0 Å². The molecule has 10 heavy (non-hydrogen) atoms. The number of nitrogen functional groups attached to an aromatic ring is 1. The van der Waals surface area contributed by atoms with Gasteiger partial charge in [0.05, 0.1) is 12.8 Å². The van der Waals surface area contributed by atoms with Crippen LogP contribution in [0.2, 0.25) is 5.02 Å². The smallest absolute Gasteiger partial charge is 0.147 e. The van der Waals surface area contributed by atoms with Gasteiger partial charge in [-0.15, -0.1) is 0 Å². The second-order valence-corrected chi connectivity index (χ2v) is 2.16. The predicted octanol–water partition coefficient (Wildman–Crippen LogP) is 1.73. The molecule has 53 valence electrons. The van der Waals surface area contributed by atoms with E-state index in [-0.39, 0.29) is 0 Å². The molecule has 0 atom stereocenters. The van der Waals surface area contributed by atoms with Crippen LogP contribution in [0.5, 0.6) is 5.75 Å². The average molecular weight is 157 g/mol. The molecule has 0 saturated carbocycles. The van der Waals surface area contributed by atoms with E-state index >= 15 is 0 Å². The van der Waals surface area contributed by atoms with Crippen LogP contribution in [-0.4, -0.2) is 7.11 Å². The highest BCUT2D eigenvalue weighted by molar-refractivity contribution is 6.34. The summed E-state index contributed by atoms with van der Waals surface area (Å²) in [7, 11) is 1.52. The van der Waals surface area contributed by atoms with Gasteiger partial charge in [-0.25, -0.2) is 0 Å². The molecule has 1 radical (unpaired) electrons. The van der Waals surface area contributed by atoms with Gasteiger partial charge in [-0.05, 0) is 12.1 Å². The van der Waals surface area contributed by atoms with Crippen LogP contribution in [0.1, 0.15) is 0 Å². The molecule has 0 aromatic heterocycles. The van der Waals surface area contributed by atoms with Gasteiger partial charge in [0.15, 0.2) is 0 Å². The highest BCUT2D eigenvalue weighted by atomic mass is 35.5. The molecular weight excluding hydrogens is 150 g/mol. The van der Waals surface area contributed by atoms with Crippen molar-refractivity contribution in [3.05, 3.63) is 23.2 Å². The Hall–Kier alpha value is -0.890. The molecule has 2 nitrogen and oxygen atoms in total. The summed E-state index contributed by atoms with van der Waals surface area (Å²) in [5, 5.41) is 0.421. The Labute approximate surface area is 64.6 Å². The molecule has 1 rings (SSSR count). The van der Waals surface area contributed by atoms with Crippen molar-refractivity contribution >= 4 is 17.3 Å². The Morgan fingerprint density at radius 1 is 1.70 bits per heavy atom. The molecule has 2 N–H and O–H groups in total. The molecule has 1 aromatic rings. The Kier molecular flexibility index (Phi) is 2.02. The van der Waals surface area contributed by atoms with Gasteiger partial charge in [0, 0.05) is 6.07 Å². The van der Waals surface area contributed by atoms with E-state index in [0.29, 0.717) is 16.5 Å². The van der Waals surface area contributed by atoms with Crippen molar-refractivity contribution in [3.8, 4) is 5.75 Å². The second kappa shape index (κ2) is 2.80. The maximum atomic E-state index is 5.71. The lowest BCUT2D eigenvalue weighted by Crippen LogP contribution is -1.89. The normalized spacial score (nSPS) is 9.40. The SMILES string of the molecule is COc1[c]ccc(N)c1Cl. The lowest BCUT2D eigenvalue weighted by molar-refractivity contribution is 0.414. The third-order valence-corrected chi connectivity index (χ3v) is 1.52.